The van der Waals surface area contributed by atoms with Crippen molar-refractivity contribution in [2.75, 3.05) is 20.3 Å². The number of aryl methyl sites for hydroxylation is 1. The molecule has 1 fully saturated rings. The summed E-state index contributed by atoms with van der Waals surface area (Å²) in [5.74, 6) is -0.127. The maximum Gasteiger partial charge on any atom is 0.332 e. The van der Waals surface area contributed by atoms with Gasteiger partial charge in [0.15, 0.2) is 0 Å². The molecule has 1 saturated heterocycles. The molecule has 2 atom stereocenters. The SMILES string of the molecule is CCCO[C@@H](Cn1c(=O)n([C@H]2CCCNC2=O)c(=O)c2c(C)c(-c3ncco3)sc21)c1cc(F)ccc1OC. The predicted octanol–water partition coefficient (Wildman–Crippen LogP) is 3.95. The van der Waals surface area contributed by atoms with Crippen LogP contribution in [-0.2, 0) is 16.1 Å². The zero-order valence-corrected chi connectivity index (χ0v) is 22.7. The number of hydrogen-bond donors (Lipinski definition) is 1. The monoisotopic (exact) mass is 556 g/mol. The van der Waals surface area contributed by atoms with Crippen molar-refractivity contribution in [2.45, 2.75) is 51.8 Å². The summed E-state index contributed by atoms with van der Waals surface area (Å²) in [7, 11) is 1.48. The van der Waals surface area contributed by atoms with Gasteiger partial charge in [-0.25, -0.2) is 18.7 Å². The largest absolute Gasteiger partial charge is 0.496 e. The Bertz CT molecular complexity index is 1620. The van der Waals surface area contributed by atoms with E-state index in [1.807, 2.05) is 6.92 Å². The Balaban J connectivity index is 1.76. The number of aromatic nitrogens is 3. The van der Waals surface area contributed by atoms with Crippen LogP contribution in [0.25, 0.3) is 21.0 Å². The van der Waals surface area contributed by atoms with Gasteiger partial charge in [-0.05, 0) is 49.9 Å². The number of nitrogens with zero attached hydrogens (tertiary/aromatic N) is 3. The van der Waals surface area contributed by atoms with Crippen molar-refractivity contribution in [3.63, 3.8) is 0 Å². The van der Waals surface area contributed by atoms with Crippen LogP contribution in [0.15, 0.2) is 44.7 Å². The van der Waals surface area contributed by atoms with E-state index in [1.54, 1.807) is 6.92 Å². The Morgan fingerprint density at radius 2 is 2.13 bits per heavy atom. The van der Waals surface area contributed by atoms with Gasteiger partial charge in [-0.15, -0.1) is 11.3 Å². The number of amides is 1. The topological polar surface area (TPSA) is 118 Å². The minimum atomic E-state index is -0.947. The van der Waals surface area contributed by atoms with Crippen molar-refractivity contribution >= 4 is 27.5 Å². The van der Waals surface area contributed by atoms with Gasteiger partial charge in [0.1, 0.15) is 34.8 Å². The zero-order chi connectivity index (χ0) is 27.7. The van der Waals surface area contributed by atoms with Gasteiger partial charge in [-0.3, -0.25) is 14.2 Å². The van der Waals surface area contributed by atoms with E-state index in [0.717, 1.165) is 4.57 Å². The number of benzene rings is 1. The second-order valence-electron chi connectivity index (χ2n) is 9.34. The van der Waals surface area contributed by atoms with Gasteiger partial charge >= 0.3 is 5.69 Å². The minimum Gasteiger partial charge on any atom is -0.496 e. The molecule has 1 amide bonds. The normalized spacial score (nSPS) is 16.4. The standard InChI is InChI=1S/C27H29FN4O6S/c1-4-11-37-20(17-13-16(28)7-8-19(17)36-3)14-31-26-21(15(2)22(39-26)24-30-10-12-38-24)25(34)32(27(31)35)18-6-5-9-29-23(18)33/h7-8,10,12-13,18,20H,4-6,9,11,14H2,1-3H3,(H,29,33)/t18-,20-/m0/s1. The van der Waals surface area contributed by atoms with Gasteiger partial charge in [0, 0.05) is 18.7 Å². The number of thiophene rings is 1. The molecule has 1 aromatic carbocycles. The molecule has 1 aliphatic rings. The Morgan fingerprint density at radius 3 is 2.82 bits per heavy atom. The third kappa shape index (κ3) is 4.89. The second-order valence-corrected chi connectivity index (χ2v) is 10.3. The van der Waals surface area contributed by atoms with Gasteiger partial charge in [0.2, 0.25) is 11.8 Å². The highest BCUT2D eigenvalue weighted by atomic mass is 32.1. The van der Waals surface area contributed by atoms with Gasteiger partial charge in [0.05, 0.1) is 30.1 Å². The molecule has 0 aliphatic carbocycles. The lowest BCUT2D eigenvalue weighted by Crippen LogP contribution is -2.49. The molecule has 12 heteroatoms. The van der Waals surface area contributed by atoms with Crippen molar-refractivity contribution in [3.8, 4) is 16.5 Å². The second kappa shape index (κ2) is 11.1. The number of nitrogens with one attached hydrogen (secondary N) is 1. The van der Waals surface area contributed by atoms with Crippen LogP contribution < -0.4 is 21.3 Å². The van der Waals surface area contributed by atoms with Crippen molar-refractivity contribution in [2.24, 2.45) is 0 Å². The molecule has 1 aliphatic heterocycles. The molecule has 4 aromatic rings. The van der Waals surface area contributed by atoms with E-state index in [2.05, 4.69) is 10.3 Å². The Labute approximate surface area is 227 Å². The molecule has 206 valence electrons. The van der Waals surface area contributed by atoms with E-state index in [9.17, 15) is 18.8 Å². The number of fused-ring (bicyclic) bond motifs is 1. The maximum atomic E-state index is 14.4. The van der Waals surface area contributed by atoms with E-state index in [-0.39, 0.29) is 12.5 Å². The lowest BCUT2D eigenvalue weighted by molar-refractivity contribution is -0.126. The molecule has 0 spiro atoms. The maximum absolute atomic E-state index is 14.4. The summed E-state index contributed by atoms with van der Waals surface area (Å²) in [4.78, 5) is 45.9. The lowest BCUT2D eigenvalue weighted by atomic mass is 10.1. The van der Waals surface area contributed by atoms with Gasteiger partial charge < -0.3 is 19.2 Å². The number of rotatable bonds is 9. The first-order valence-corrected chi connectivity index (χ1v) is 13.6. The lowest BCUT2D eigenvalue weighted by Gasteiger charge is -2.26. The molecule has 0 radical (unpaired) electrons. The molecule has 3 aromatic heterocycles. The van der Waals surface area contributed by atoms with Gasteiger partial charge in [0.25, 0.3) is 5.56 Å². The number of halogens is 1. The van der Waals surface area contributed by atoms with Crippen molar-refractivity contribution in [1.29, 1.82) is 0 Å². The van der Waals surface area contributed by atoms with Gasteiger partial charge in [-0.2, -0.15) is 0 Å². The molecular formula is C27H29FN4O6S. The number of methoxy groups -OCH3 is 1. The molecule has 1 N–H and O–H groups in total. The van der Waals surface area contributed by atoms with E-state index >= 15 is 0 Å². The van der Waals surface area contributed by atoms with Crippen LogP contribution in [0.2, 0.25) is 0 Å². The number of carbonyl (C=O) groups is 1. The smallest absolute Gasteiger partial charge is 0.332 e. The third-order valence-electron chi connectivity index (χ3n) is 6.85. The molecule has 0 saturated carbocycles. The highest BCUT2D eigenvalue weighted by Crippen LogP contribution is 2.37. The van der Waals surface area contributed by atoms with E-state index in [1.165, 1.54) is 53.7 Å². The van der Waals surface area contributed by atoms with Crippen LogP contribution in [0, 0.1) is 12.7 Å². The molecule has 5 rings (SSSR count). The number of piperidine rings is 1. The molecule has 39 heavy (non-hydrogen) atoms. The van der Waals surface area contributed by atoms with E-state index < -0.39 is 29.2 Å². The average Bonchev–Trinajstić information content (AvgIpc) is 3.57. The Kier molecular flexibility index (Phi) is 7.67. The molecular weight excluding hydrogens is 527 g/mol. The van der Waals surface area contributed by atoms with E-state index in [0.29, 0.717) is 70.3 Å². The average molecular weight is 557 g/mol. The fourth-order valence-electron chi connectivity index (χ4n) is 4.97. The van der Waals surface area contributed by atoms with Gasteiger partial charge in [-0.1, -0.05) is 6.92 Å². The molecule has 4 heterocycles. The predicted molar refractivity (Wildman–Crippen MR) is 144 cm³/mol. The number of oxazole rings is 1. The van der Waals surface area contributed by atoms with Crippen LogP contribution in [0.4, 0.5) is 4.39 Å². The number of carbonyl (C=O) groups excluding carboxylic acids is 1. The Morgan fingerprint density at radius 1 is 1.31 bits per heavy atom. The summed E-state index contributed by atoms with van der Waals surface area (Å²) in [6.07, 6.45) is 3.83. The fraction of sp³-hybridized carbons (Fsp3) is 0.407. The third-order valence-corrected chi connectivity index (χ3v) is 8.15. The van der Waals surface area contributed by atoms with Crippen LogP contribution in [0.3, 0.4) is 0 Å². The van der Waals surface area contributed by atoms with Crippen LogP contribution in [-0.4, -0.2) is 40.3 Å². The summed E-state index contributed by atoms with van der Waals surface area (Å²) in [5, 5.41) is 3.06. The first-order valence-electron chi connectivity index (χ1n) is 12.8. The summed E-state index contributed by atoms with van der Waals surface area (Å²) >= 11 is 1.20. The van der Waals surface area contributed by atoms with Crippen molar-refractivity contribution in [3.05, 3.63) is 68.4 Å². The fourth-order valence-corrected chi connectivity index (χ4v) is 6.21. The number of hydrogen-bond acceptors (Lipinski definition) is 8. The molecule has 0 unspecified atom stereocenters. The summed E-state index contributed by atoms with van der Waals surface area (Å²) in [6, 6.07) is 3.17. The molecule has 10 nitrogen and oxygen atoms in total. The van der Waals surface area contributed by atoms with Crippen LogP contribution in [0.1, 0.15) is 49.5 Å². The summed E-state index contributed by atoms with van der Waals surface area (Å²) in [5.41, 5.74) is -0.166. The minimum absolute atomic E-state index is 0.0469. The summed E-state index contributed by atoms with van der Waals surface area (Å²) < 4.78 is 34.0. The number of ether oxygens (including phenoxy) is 2. The quantitative estimate of drug-likeness (QED) is 0.332. The highest BCUT2D eigenvalue weighted by Gasteiger charge is 2.32. The van der Waals surface area contributed by atoms with Crippen molar-refractivity contribution in [1.82, 2.24) is 19.4 Å². The zero-order valence-electron chi connectivity index (χ0n) is 21.9. The van der Waals surface area contributed by atoms with E-state index in [4.69, 9.17) is 13.9 Å². The summed E-state index contributed by atoms with van der Waals surface area (Å²) in [6.45, 7) is 4.49. The van der Waals surface area contributed by atoms with Crippen LogP contribution >= 0.6 is 11.3 Å². The molecule has 0 bridgehead atoms. The van der Waals surface area contributed by atoms with Crippen LogP contribution in [0.5, 0.6) is 5.75 Å². The first kappa shape index (κ1) is 26.8. The highest BCUT2D eigenvalue weighted by molar-refractivity contribution is 7.22. The first-order chi connectivity index (χ1) is 18.8. The van der Waals surface area contributed by atoms with Crippen molar-refractivity contribution < 1.29 is 23.1 Å². The Hall–Kier alpha value is -3.77.